The molecule has 2 fully saturated rings. The van der Waals surface area contributed by atoms with E-state index in [1.54, 1.807) is 0 Å². The second kappa shape index (κ2) is 4.08. The average Bonchev–Trinajstić information content (AvgIpc) is 2.73. The van der Waals surface area contributed by atoms with Crippen molar-refractivity contribution in [2.75, 3.05) is 5.33 Å². The highest BCUT2D eigenvalue weighted by Gasteiger charge is 2.56. The molecule has 0 aromatic carbocycles. The van der Waals surface area contributed by atoms with Crippen LogP contribution in [-0.2, 0) is 4.79 Å². The lowest BCUT2D eigenvalue weighted by Crippen LogP contribution is -2.48. The van der Waals surface area contributed by atoms with Crippen molar-refractivity contribution in [3.63, 3.8) is 0 Å². The average molecular weight is 274 g/mol. The van der Waals surface area contributed by atoms with Crippen LogP contribution in [-0.4, -0.2) is 16.8 Å². The van der Waals surface area contributed by atoms with Crippen molar-refractivity contribution in [3.8, 4) is 0 Å². The number of rotatable bonds is 4. The highest BCUT2D eigenvalue weighted by atomic mass is 79.9. The minimum Gasteiger partial charge on any atom is -0.350 e. The van der Waals surface area contributed by atoms with Crippen LogP contribution in [0.2, 0.25) is 0 Å². The molecule has 0 saturated heterocycles. The van der Waals surface area contributed by atoms with Crippen molar-refractivity contribution in [2.24, 2.45) is 17.8 Å². The summed E-state index contributed by atoms with van der Waals surface area (Å²) in [7, 11) is 0. The van der Waals surface area contributed by atoms with Gasteiger partial charge in [-0.2, -0.15) is 0 Å². The Labute approximate surface area is 100 Å². The molecule has 0 heterocycles. The van der Waals surface area contributed by atoms with E-state index < -0.39 is 0 Å². The fourth-order valence-corrected chi connectivity index (χ4v) is 3.34. The molecule has 1 N–H and O–H groups in total. The van der Waals surface area contributed by atoms with Crippen LogP contribution in [0.15, 0.2) is 0 Å². The van der Waals surface area contributed by atoms with Crippen molar-refractivity contribution < 1.29 is 4.79 Å². The van der Waals surface area contributed by atoms with E-state index in [1.807, 2.05) is 0 Å². The standard InChI is InChI=1S/C12H20BrNO/c1-3-12(2,7-13)14-11(15)10-8-5-4-6-9(8)10/h8-10H,3-7H2,1-2H3,(H,14,15). The van der Waals surface area contributed by atoms with Gasteiger partial charge in [-0.05, 0) is 38.0 Å². The van der Waals surface area contributed by atoms with E-state index in [0.717, 1.165) is 23.6 Å². The summed E-state index contributed by atoms with van der Waals surface area (Å²) in [5.74, 6) is 2.10. The highest BCUT2D eigenvalue weighted by Crippen LogP contribution is 2.57. The third kappa shape index (κ3) is 2.08. The highest BCUT2D eigenvalue weighted by molar-refractivity contribution is 9.09. The zero-order valence-electron chi connectivity index (χ0n) is 9.55. The lowest BCUT2D eigenvalue weighted by molar-refractivity contribution is -0.124. The van der Waals surface area contributed by atoms with E-state index in [9.17, 15) is 4.79 Å². The first-order valence-electron chi connectivity index (χ1n) is 5.99. The first kappa shape index (κ1) is 11.4. The first-order valence-corrected chi connectivity index (χ1v) is 7.11. The Hall–Kier alpha value is -0.0500. The fraction of sp³-hybridized carbons (Fsp3) is 0.917. The van der Waals surface area contributed by atoms with E-state index in [0.29, 0.717) is 11.8 Å². The first-order chi connectivity index (χ1) is 7.11. The Balaban J connectivity index is 1.88. The minimum atomic E-state index is -0.0615. The van der Waals surface area contributed by atoms with Gasteiger partial charge in [-0.1, -0.05) is 29.3 Å². The van der Waals surface area contributed by atoms with Crippen molar-refractivity contribution in [2.45, 2.75) is 45.1 Å². The maximum atomic E-state index is 12.0. The quantitative estimate of drug-likeness (QED) is 0.785. The summed E-state index contributed by atoms with van der Waals surface area (Å²) >= 11 is 3.48. The van der Waals surface area contributed by atoms with Crippen LogP contribution in [0.3, 0.4) is 0 Å². The lowest BCUT2D eigenvalue weighted by Gasteiger charge is -2.27. The van der Waals surface area contributed by atoms with Crippen LogP contribution in [0.25, 0.3) is 0 Å². The third-order valence-corrected chi connectivity index (χ3v) is 5.45. The molecule has 0 radical (unpaired) electrons. The molecule has 15 heavy (non-hydrogen) atoms. The number of amides is 1. The number of carbonyl (C=O) groups excluding carboxylic acids is 1. The lowest BCUT2D eigenvalue weighted by atomic mass is 10.0. The summed E-state index contributed by atoms with van der Waals surface area (Å²) in [6.45, 7) is 4.23. The number of alkyl halides is 1. The van der Waals surface area contributed by atoms with Gasteiger partial charge in [0.05, 0.1) is 0 Å². The molecule has 2 saturated carbocycles. The number of fused-ring (bicyclic) bond motifs is 1. The van der Waals surface area contributed by atoms with Gasteiger partial charge in [0.25, 0.3) is 0 Å². The molecule has 0 spiro atoms. The summed E-state index contributed by atoms with van der Waals surface area (Å²) < 4.78 is 0. The van der Waals surface area contributed by atoms with Crippen molar-refractivity contribution >= 4 is 21.8 Å². The molecule has 3 unspecified atom stereocenters. The number of carbonyl (C=O) groups is 1. The number of nitrogens with one attached hydrogen (secondary N) is 1. The Morgan fingerprint density at radius 3 is 2.53 bits per heavy atom. The SMILES string of the molecule is CCC(C)(CBr)NC(=O)C1C2CCCC21. The number of hydrogen-bond acceptors (Lipinski definition) is 1. The summed E-state index contributed by atoms with van der Waals surface area (Å²) in [5, 5.41) is 4.04. The zero-order chi connectivity index (χ0) is 11.1. The second-order valence-electron chi connectivity index (χ2n) is 5.32. The van der Waals surface area contributed by atoms with Crippen LogP contribution in [0.1, 0.15) is 39.5 Å². The molecule has 0 bridgehead atoms. The minimum absolute atomic E-state index is 0.0615. The molecular weight excluding hydrogens is 254 g/mol. The maximum absolute atomic E-state index is 12.0. The van der Waals surface area contributed by atoms with Crippen LogP contribution in [0.4, 0.5) is 0 Å². The second-order valence-corrected chi connectivity index (χ2v) is 5.88. The molecule has 3 atom stereocenters. The smallest absolute Gasteiger partial charge is 0.224 e. The van der Waals surface area contributed by atoms with Gasteiger partial charge in [0.15, 0.2) is 0 Å². The summed E-state index contributed by atoms with van der Waals surface area (Å²) in [4.78, 5) is 12.0. The molecular formula is C12H20BrNO. The van der Waals surface area contributed by atoms with Gasteiger partial charge in [-0.3, -0.25) is 4.79 Å². The van der Waals surface area contributed by atoms with E-state index in [4.69, 9.17) is 0 Å². The summed E-state index contributed by atoms with van der Waals surface area (Å²) in [6, 6.07) is 0. The Morgan fingerprint density at radius 1 is 1.47 bits per heavy atom. The molecule has 1 amide bonds. The van der Waals surface area contributed by atoms with E-state index in [2.05, 4.69) is 35.1 Å². The largest absolute Gasteiger partial charge is 0.350 e. The fourth-order valence-electron chi connectivity index (χ4n) is 2.81. The third-order valence-electron chi connectivity index (χ3n) is 4.21. The summed E-state index contributed by atoms with van der Waals surface area (Å²) in [5.41, 5.74) is -0.0615. The van der Waals surface area contributed by atoms with E-state index >= 15 is 0 Å². The predicted octanol–water partition coefficient (Wildman–Crippen LogP) is 2.71. The molecule has 2 rings (SSSR count). The molecule has 2 nitrogen and oxygen atoms in total. The van der Waals surface area contributed by atoms with Gasteiger partial charge in [0.2, 0.25) is 5.91 Å². The molecule has 3 heteroatoms. The van der Waals surface area contributed by atoms with Gasteiger partial charge < -0.3 is 5.32 Å². The van der Waals surface area contributed by atoms with Gasteiger partial charge in [0, 0.05) is 16.8 Å². The predicted molar refractivity (Wildman–Crippen MR) is 65.0 cm³/mol. The molecule has 0 aliphatic heterocycles. The number of halogens is 1. The van der Waals surface area contributed by atoms with Gasteiger partial charge in [0.1, 0.15) is 0 Å². The monoisotopic (exact) mass is 273 g/mol. The Bertz CT molecular complexity index is 252. The molecule has 0 aromatic rings. The van der Waals surface area contributed by atoms with Crippen molar-refractivity contribution in [1.82, 2.24) is 5.32 Å². The Kier molecular flexibility index (Phi) is 3.11. The topological polar surface area (TPSA) is 29.1 Å². The van der Waals surface area contributed by atoms with Crippen LogP contribution in [0, 0.1) is 17.8 Å². The summed E-state index contributed by atoms with van der Waals surface area (Å²) in [6.07, 6.45) is 4.87. The Morgan fingerprint density at radius 2 is 2.07 bits per heavy atom. The zero-order valence-corrected chi connectivity index (χ0v) is 11.1. The molecule has 86 valence electrons. The molecule has 2 aliphatic rings. The van der Waals surface area contributed by atoms with Crippen LogP contribution in [0.5, 0.6) is 0 Å². The van der Waals surface area contributed by atoms with Crippen LogP contribution >= 0.6 is 15.9 Å². The maximum Gasteiger partial charge on any atom is 0.224 e. The van der Waals surface area contributed by atoms with Crippen molar-refractivity contribution in [3.05, 3.63) is 0 Å². The van der Waals surface area contributed by atoms with E-state index in [1.165, 1.54) is 19.3 Å². The molecule has 0 aromatic heterocycles. The number of hydrogen-bond donors (Lipinski definition) is 1. The van der Waals surface area contributed by atoms with Crippen LogP contribution < -0.4 is 5.32 Å². The van der Waals surface area contributed by atoms with Crippen molar-refractivity contribution in [1.29, 1.82) is 0 Å². The van der Waals surface area contributed by atoms with E-state index in [-0.39, 0.29) is 5.54 Å². The normalized spacial score (nSPS) is 36.9. The van der Waals surface area contributed by atoms with Gasteiger partial charge in [-0.25, -0.2) is 0 Å². The van der Waals surface area contributed by atoms with Gasteiger partial charge >= 0.3 is 0 Å². The molecule has 2 aliphatic carbocycles. The van der Waals surface area contributed by atoms with Gasteiger partial charge in [-0.15, -0.1) is 0 Å².